The van der Waals surface area contributed by atoms with Gasteiger partial charge < -0.3 is 15.2 Å². The minimum Gasteiger partial charge on any atom is -0.481 e. The molecule has 0 spiro atoms. The van der Waals surface area contributed by atoms with Crippen LogP contribution in [-0.4, -0.2) is 45.1 Å². The summed E-state index contributed by atoms with van der Waals surface area (Å²) >= 11 is 0. The van der Waals surface area contributed by atoms with Crippen molar-refractivity contribution < 1.29 is 19.8 Å². The summed E-state index contributed by atoms with van der Waals surface area (Å²) in [4.78, 5) is 26.5. The van der Waals surface area contributed by atoms with Gasteiger partial charge in [-0.3, -0.25) is 14.5 Å². The quantitative estimate of drug-likeness (QED) is 0.650. The lowest BCUT2D eigenvalue weighted by atomic mass is 10.1. The van der Waals surface area contributed by atoms with Crippen molar-refractivity contribution in [3.63, 3.8) is 0 Å². The van der Waals surface area contributed by atoms with Gasteiger partial charge in [-0.2, -0.15) is 0 Å². The summed E-state index contributed by atoms with van der Waals surface area (Å²) in [5, 5.41) is 18.0. The fourth-order valence-corrected chi connectivity index (χ4v) is 1.90. The Kier molecular flexibility index (Phi) is 5.38. The van der Waals surface area contributed by atoms with E-state index in [9.17, 15) is 14.7 Å². The number of nitrogens with zero attached hydrogens (tertiary/aromatic N) is 1. The Bertz CT molecular complexity index is 389. The van der Waals surface area contributed by atoms with Gasteiger partial charge in [0.15, 0.2) is 0 Å². The van der Waals surface area contributed by atoms with Crippen LogP contribution in [0.4, 0.5) is 0 Å². The van der Waals surface area contributed by atoms with Gasteiger partial charge >= 0.3 is 11.9 Å². The maximum atomic E-state index is 11.3. The highest BCUT2D eigenvalue weighted by molar-refractivity contribution is 5.75. The van der Waals surface area contributed by atoms with Gasteiger partial charge in [0.1, 0.15) is 6.04 Å². The van der Waals surface area contributed by atoms with E-state index in [1.54, 1.807) is 23.2 Å². The molecule has 0 fully saturated rings. The number of hydrogen-bond donors (Lipinski definition) is 3. The predicted octanol–water partition coefficient (Wildman–Crippen LogP) is 1.33. The van der Waals surface area contributed by atoms with E-state index in [0.717, 1.165) is 6.42 Å². The zero-order valence-corrected chi connectivity index (χ0v) is 10.3. The van der Waals surface area contributed by atoms with Crippen LogP contribution in [0.25, 0.3) is 0 Å². The fraction of sp³-hybridized carbons (Fsp3) is 0.500. The van der Waals surface area contributed by atoms with E-state index in [-0.39, 0.29) is 13.0 Å². The monoisotopic (exact) mass is 254 g/mol. The van der Waals surface area contributed by atoms with E-state index in [4.69, 9.17) is 5.11 Å². The number of aromatic nitrogens is 1. The molecule has 6 nitrogen and oxygen atoms in total. The van der Waals surface area contributed by atoms with E-state index >= 15 is 0 Å². The topological polar surface area (TPSA) is 93.6 Å². The standard InChI is InChI=1S/C12H18N2O4/c1-2-7-14(8-5-10(15)16)11(12(17)18)9-4-3-6-13-9/h3-4,6,11,13H,2,5,7-8H2,1H3,(H,15,16)(H,17,18). The number of carbonyl (C=O) groups is 2. The number of aliphatic carboxylic acids is 2. The molecular formula is C12H18N2O4. The molecule has 18 heavy (non-hydrogen) atoms. The van der Waals surface area contributed by atoms with Crippen molar-refractivity contribution in [3.05, 3.63) is 24.0 Å². The molecule has 0 aliphatic rings. The van der Waals surface area contributed by atoms with Crippen molar-refractivity contribution in [1.29, 1.82) is 0 Å². The molecule has 0 bridgehead atoms. The van der Waals surface area contributed by atoms with Gasteiger partial charge in [-0.05, 0) is 25.1 Å². The van der Waals surface area contributed by atoms with Crippen LogP contribution in [0.15, 0.2) is 18.3 Å². The van der Waals surface area contributed by atoms with E-state index in [2.05, 4.69) is 4.98 Å². The van der Waals surface area contributed by atoms with Gasteiger partial charge in [-0.15, -0.1) is 0 Å². The van der Waals surface area contributed by atoms with Crippen molar-refractivity contribution in [2.24, 2.45) is 0 Å². The van der Waals surface area contributed by atoms with Gasteiger partial charge in [0.05, 0.1) is 6.42 Å². The minimum absolute atomic E-state index is 0.0650. The van der Waals surface area contributed by atoms with E-state index in [1.165, 1.54) is 0 Å². The average molecular weight is 254 g/mol. The Labute approximate surface area is 105 Å². The lowest BCUT2D eigenvalue weighted by Crippen LogP contribution is -2.36. The Morgan fingerprint density at radius 3 is 2.56 bits per heavy atom. The minimum atomic E-state index is -0.976. The highest BCUT2D eigenvalue weighted by atomic mass is 16.4. The molecular weight excluding hydrogens is 236 g/mol. The number of H-pyrrole nitrogens is 1. The van der Waals surface area contributed by atoms with Crippen molar-refractivity contribution in [1.82, 2.24) is 9.88 Å². The van der Waals surface area contributed by atoms with Crippen LogP contribution in [0.2, 0.25) is 0 Å². The molecule has 1 rings (SSSR count). The van der Waals surface area contributed by atoms with Gasteiger partial charge in [0.25, 0.3) is 0 Å². The number of carboxylic acid groups (broad SMARTS) is 2. The highest BCUT2D eigenvalue weighted by Crippen LogP contribution is 2.20. The molecule has 1 unspecified atom stereocenters. The van der Waals surface area contributed by atoms with Crippen LogP contribution in [-0.2, 0) is 9.59 Å². The first-order valence-electron chi connectivity index (χ1n) is 5.88. The maximum absolute atomic E-state index is 11.3. The summed E-state index contributed by atoms with van der Waals surface area (Å²) in [6.45, 7) is 2.70. The summed E-state index contributed by atoms with van der Waals surface area (Å²) < 4.78 is 0. The Hall–Kier alpha value is -1.82. The molecule has 3 N–H and O–H groups in total. The smallest absolute Gasteiger partial charge is 0.327 e. The van der Waals surface area contributed by atoms with Crippen LogP contribution in [0.3, 0.4) is 0 Å². The zero-order valence-electron chi connectivity index (χ0n) is 10.3. The molecule has 100 valence electrons. The summed E-state index contributed by atoms with van der Waals surface area (Å²) in [7, 11) is 0. The van der Waals surface area contributed by atoms with Crippen molar-refractivity contribution >= 4 is 11.9 Å². The predicted molar refractivity (Wildman–Crippen MR) is 65.3 cm³/mol. The molecule has 0 aromatic carbocycles. The summed E-state index contributed by atoms with van der Waals surface area (Å²) in [6, 6.07) is 2.61. The van der Waals surface area contributed by atoms with Gasteiger partial charge in [-0.1, -0.05) is 6.92 Å². The number of carboxylic acids is 2. The number of hydrogen-bond acceptors (Lipinski definition) is 3. The molecule has 0 amide bonds. The van der Waals surface area contributed by atoms with Crippen LogP contribution in [0.5, 0.6) is 0 Å². The maximum Gasteiger partial charge on any atom is 0.327 e. The van der Waals surface area contributed by atoms with Crippen LogP contribution < -0.4 is 0 Å². The molecule has 6 heteroatoms. The largest absolute Gasteiger partial charge is 0.481 e. The molecule has 0 radical (unpaired) electrons. The Balaban J connectivity index is 2.84. The van der Waals surface area contributed by atoms with Crippen molar-refractivity contribution in [3.8, 4) is 0 Å². The SMILES string of the molecule is CCCN(CCC(=O)O)C(C(=O)O)c1ccc[nH]1. The van der Waals surface area contributed by atoms with E-state index in [0.29, 0.717) is 12.2 Å². The Morgan fingerprint density at radius 2 is 2.11 bits per heavy atom. The van der Waals surface area contributed by atoms with Gasteiger partial charge in [-0.25, -0.2) is 0 Å². The first-order chi connectivity index (χ1) is 8.56. The molecule has 1 aromatic heterocycles. The fourth-order valence-electron chi connectivity index (χ4n) is 1.90. The lowest BCUT2D eigenvalue weighted by molar-refractivity contribution is -0.145. The lowest BCUT2D eigenvalue weighted by Gasteiger charge is -2.27. The van der Waals surface area contributed by atoms with Crippen molar-refractivity contribution in [2.75, 3.05) is 13.1 Å². The molecule has 1 atom stereocenters. The molecule has 0 aliphatic heterocycles. The van der Waals surface area contributed by atoms with Gasteiger partial charge in [0.2, 0.25) is 0 Å². The normalized spacial score (nSPS) is 12.6. The second kappa shape index (κ2) is 6.80. The molecule has 0 aliphatic carbocycles. The third-order valence-electron chi connectivity index (χ3n) is 2.64. The van der Waals surface area contributed by atoms with Crippen LogP contribution in [0.1, 0.15) is 31.5 Å². The second-order valence-corrected chi connectivity index (χ2v) is 4.05. The van der Waals surface area contributed by atoms with E-state index < -0.39 is 18.0 Å². The number of nitrogens with one attached hydrogen (secondary N) is 1. The third-order valence-corrected chi connectivity index (χ3v) is 2.64. The number of rotatable bonds is 8. The highest BCUT2D eigenvalue weighted by Gasteiger charge is 2.27. The Morgan fingerprint density at radius 1 is 1.39 bits per heavy atom. The average Bonchev–Trinajstić information content (AvgIpc) is 2.79. The van der Waals surface area contributed by atoms with Crippen LogP contribution in [0, 0.1) is 0 Å². The summed E-state index contributed by atoms with van der Waals surface area (Å²) in [5.74, 6) is -1.90. The molecule has 1 heterocycles. The summed E-state index contributed by atoms with van der Waals surface area (Å²) in [6.07, 6.45) is 2.36. The first kappa shape index (κ1) is 14.2. The molecule has 1 aromatic rings. The van der Waals surface area contributed by atoms with Crippen LogP contribution >= 0.6 is 0 Å². The van der Waals surface area contributed by atoms with Crippen molar-refractivity contribution in [2.45, 2.75) is 25.8 Å². The first-order valence-corrected chi connectivity index (χ1v) is 5.88. The summed E-state index contributed by atoms with van der Waals surface area (Å²) in [5.41, 5.74) is 0.571. The zero-order chi connectivity index (χ0) is 13.5. The third kappa shape index (κ3) is 3.89. The van der Waals surface area contributed by atoms with E-state index in [1.807, 2.05) is 6.92 Å². The number of aromatic amines is 1. The molecule has 0 saturated carbocycles. The molecule has 0 saturated heterocycles. The van der Waals surface area contributed by atoms with Gasteiger partial charge in [0, 0.05) is 18.4 Å². The second-order valence-electron chi connectivity index (χ2n) is 4.05.